The Bertz CT molecular complexity index is 599. The van der Waals surface area contributed by atoms with Gasteiger partial charge in [0.05, 0.1) is 25.3 Å². The molecular formula is C22H38N2O6. The number of hydrogen-bond acceptors (Lipinski definition) is 6. The van der Waals surface area contributed by atoms with Crippen LogP contribution in [0.5, 0.6) is 0 Å². The number of ether oxygens (including phenoxy) is 2. The molecule has 0 unspecified atom stereocenters. The van der Waals surface area contributed by atoms with Crippen molar-refractivity contribution in [3.05, 3.63) is 0 Å². The molecule has 8 heteroatoms. The van der Waals surface area contributed by atoms with Crippen molar-refractivity contribution in [3.63, 3.8) is 0 Å². The van der Waals surface area contributed by atoms with Gasteiger partial charge in [-0.1, -0.05) is 0 Å². The molecule has 0 spiro atoms. The second-order valence-electron chi connectivity index (χ2n) is 11.1. The van der Waals surface area contributed by atoms with Crippen LogP contribution in [0.2, 0.25) is 0 Å². The van der Waals surface area contributed by atoms with Crippen molar-refractivity contribution in [2.45, 2.75) is 77.7 Å². The minimum absolute atomic E-state index is 0.00940. The van der Waals surface area contributed by atoms with Crippen LogP contribution in [0.15, 0.2) is 0 Å². The monoisotopic (exact) mass is 426 g/mol. The molecule has 4 rings (SSSR count). The number of fused-ring (bicyclic) bond motifs is 2. The van der Waals surface area contributed by atoms with Crippen LogP contribution in [-0.2, 0) is 9.47 Å². The van der Waals surface area contributed by atoms with Gasteiger partial charge in [-0.15, -0.1) is 0 Å². The average molecular weight is 427 g/mol. The Morgan fingerprint density at radius 3 is 1.37 bits per heavy atom. The van der Waals surface area contributed by atoms with E-state index in [0.29, 0.717) is 23.7 Å². The summed E-state index contributed by atoms with van der Waals surface area (Å²) >= 11 is 0. The topological polar surface area (TPSA) is 99.5 Å². The third-order valence-corrected chi connectivity index (χ3v) is 6.24. The first kappa shape index (κ1) is 23.1. The molecule has 2 N–H and O–H groups in total. The van der Waals surface area contributed by atoms with E-state index < -0.39 is 11.2 Å². The number of carbonyl (C=O) groups excluding carboxylic acids is 2. The Morgan fingerprint density at radius 2 is 1.10 bits per heavy atom. The summed E-state index contributed by atoms with van der Waals surface area (Å²) in [6.45, 7) is 12.8. The molecule has 2 saturated carbocycles. The van der Waals surface area contributed by atoms with E-state index >= 15 is 0 Å². The number of hydrogen-bond donors (Lipinski definition) is 2. The SMILES string of the molecule is CC(C)(C)OC(=O)N1C[C@@H]2C[C@@H]2[C@@H]1CO.CC(C)(C)OC(=O)N1C[C@H]2C[C@H]2[C@H]1CO. The van der Waals surface area contributed by atoms with Crippen LogP contribution in [0.4, 0.5) is 9.59 Å². The van der Waals surface area contributed by atoms with Crippen LogP contribution >= 0.6 is 0 Å². The molecule has 2 amide bonds. The lowest BCUT2D eigenvalue weighted by atomic mass is 10.2. The number of piperidine rings is 2. The van der Waals surface area contributed by atoms with E-state index in [0.717, 1.165) is 25.9 Å². The summed E-state index contributed by atoms with van der Waals surface area (Å²) < 4.78 is 10.6. The Hall–Kier alpha value is -1.54. The van der Waals surface area contributed by atoms with Gasteiger partial charge in [0.1, 0.15) is 11.2 Å². The van der Waals surface area contributed by atoms with E-state index in [1.807, 2.05) is 41.5 Å². The third kappa shape index (κ3) is 5.38. The van der Waals surface area contributed by atoms with Gasteiger partial charge in [0, 0.05) is 13.1 Å². The fourth-order valence-electron chi connectivity index (χ4n) is 4.67. The van der Waals surface area contributed by atoms with Crippen molar-refractivity contribution in [1.82, 2.24) is 9.80 Å². The molecule has 0 aromatic rings. The molecule has 4 fully saturated rings. The molecule has 0 bridgehead atoms. The van der Waals surface area contributed by atoms with E-state index in [2.05, 4.69) is 0 Å². The lowest BCUT2D eigenvalue weighted by Gasteiger charge is -2.29. The predicted octanol–water partition coefficient (Wildman–Crippen LogP) is 2.47. The van der Waals surface area contributed by atoms with Crippen molar-refractivity contribution in [3.8, 4) is 0 Å². The summed E-state index contributed by atoms with van der Waals surface area (Å²) in [7, 11) is 0. The largest absolute Gasteiger partial charge is 0.444 e. The van der Waals surface area contributed by atoms with Gasteiger partial charge in [-0.05, 0) is 78.1 Å². The number of likely N-dealkylation sites (tertiary alicyclic amines) is 2. The van der Waals surface area contributed by atoms with Crippen LogP contribution in [0.25, 0.3) is 0 Å². The van der Waals surface area contributed by atoms with Crippen molar-refractivity contribution < 1.29 is 29.3 Å². The van der Waals surface area contributed by atoms with Gasteiger partial charge in [0.25, 0.3) is 0 Å². The summed E-state index contributed by atoms with van der Waals surface area (Å²) in [5, 5.41) is 18.5. The van der Waals surface area contributed by atoms with Gasteiger partial charge in [0.2, 0.25) is 0 Å². The predicted molar refractivity (Wildman–Crippen MR) is 111 cm³/mol. The van der Waals surface area contributed by atoms with E-state index in [1.165, 1.54) is 0 Å². The fraction of sp³-hybridized carbons (Fsp3) is 0.909. The van der Waals surface area contributed by atoms with Gasteiger partial charge in [-0.3, -0.25) is 0 Å². The van der Waals surface area contributed by atoms with Crippen LogP contribution in [-0.4, -0.2) is 81.8 Å². The van der Waals surface area contributed by atoms with E-state index in [-0.39, 0.29) is 37.5 Å². The normalized spacial score (nSPS) is 33.9. The molecule has 4 aliphatic rings. The van der Waals surface area contributed by atoms with E-state index in [9.17, 15) is 19.8 Å². The molecule has 0 radical (unpaired) electrons. The quantitative estimate of drug-likeness (QED) is 0.704. The zero-order valence-electron chi connectivity index (χ0n) is 19.1. The van der Waals surface area contributed by atoms with Gasteiger partial charge in [-0.25, -0.2) is 9.59 Å². The summed E-state index contributed by atoms with van der Waals surface area (Å²) in [6.07, 6.45) is 1.75. The highest BCUT2D eigenvalue weighted by Crippen LogP contribution is 2.50. The molecule has 0 aromatic carbocycles. The summed E-state index contributed by atoms with van der Waals surface area (Å²) in [6, 6.07) is -0.0188. The molecule has 2 aliphatic carbocycles. The van der Waals surface area contributed by atoms with Crippen LogP contribution in [0.1, 0.15) is 54.4 Å². The molecule has 8 nitrogen and oxygen atoms in total. The van der Waals surface area contributed by atoms with Gasteiger partial charge in [-0.2, -0.15) is 0 Å². The number of carbonyl (C=O) groups is 2. The second kappa shape index (κ2) is 8.19. The Labute approximate surface area is 179 Å². The molecule has 30 heavy (non-hydrogen) atoms. The number of aliphatic hydroxyl groups is 2. The molecule has 2 saturated heterocycles. The summed E-state index contributed by atoms with van der Waals surface area (Å²) in [4.78, 5) is 26.9. The lowest BCUT2D eigenvalue weighted by Crippen LogP contribution is -2.43. The van der Waals surface area contributed by atoms with Gasteiger partial charge >= 0.3 is 12.2 Å². The highest BCUT2D eigenvalue weighted by Gasteiger charge is 2.55. The standard InChI is InChI=1S/2C11H19NO3/c2*1-11(2,3)15-10(14)12-5-7-4-8(7)9(12)6-13/h2*7-9,13H,4-6H2,1-3H3/t2*7-,8-,9-/m10/s1. The minimum atomic E-state index is -0.454. The highest BCUT2D eigenvalue weighted by atomic mass is 16.6. The first-order valence-electron chi connectivity index (χ1n) is 11.1. The van der Waals surface area contributed by atoms with Crippen molar-refractivity contribution in [2.75, 3.05) is 26.3 Å². The summed E-state index contributed by atoms with van der Waals surface area (Å²) in [5.41, 5.74) is -0.909. The lowest BCUT2D eigenvalue weighted by molar-refractivity contribution is 0.0125. The highest BCUT2D eigenvalue weighted by molar-refractivity contribution is 5.70. The molecule has 0 aromatic heterocycles. The first-order valence-corrected chi connectivity index (χ1v) is 11.1. The van der Waals surface area contributed by atoms with Crippen LogP contribution in [0.3, 0.4) is 0 Å². The van der Waals surface area contributed by atoms with Gasteiger partial charge in [0.15, 0.2) is 0 Å². The Kier molecular flexibility index (Phi) is 6.31. The molecule has 6 atom stereocenters. The summed E-state index contributed by atoms with van der Waals surface area (Å²) in [5.74, 6) is 2.24. The maximum Gasteiger partial charge on any atom is 0.410 e. The maximum absolute atomic E-state index is 11.8. The molecule has 2 heterocycles. The number of aliphatic hydroxyl groups excluding tert-OH is 2. The molecular weight excluding hydrogens is 388 g/mol. The number of rotatable bonds is 2. The zero-order valence-corrected chi connectivity index (χ0v) is 19.1. The second-order valence-corrected chi connectivity index (χ2v) is 11.1. The Balaban J connectivity index is 0.000000171. The minimum Gasteiger partial charge on any atom is -0.444 e. The first-order chi connectivity index (χ1) is 13.8. The fourth-order valence-corrected chi connectivity index (χ4v) is 4.67. The number of amides is 2. The van der Waals surface area contributed by atoms with Crippen molar-refractivity contribution in [2.24, 2.45) is 23.7 Å². The van der Waals surface area contributed by atoms with Crippen LogP contribution in [0, 0.1) is 23.7 Å². The third-order valence-electron chi connectivity index (χ3n) is 6.24. The van der Waals surface area contributed by atoms with E-state index in [4.69, 9.17) is 9.47 Å². The van der Waals surface area contributed by atoms with Crippen LogP contribution < -0.4 is 0 Å². The van der Waals surface area contributed by atoms with Crippen molar-refractivity contribution >= 4 is 12.2 Å². The Morgan fingerprint density at radius 1 is 0.767 bits per heavy atom. The zero-order chi connectivity index (χ0) is 22.4. The smallest absolute Gasteiger partial charge is 0.410 e. The van der Waals surface area contributed by atoms with Gasteiger partial charge < -0.3 is 29.5 Å². The molecule has 172 valence electrons. The average Bonchev–Trinajstić information content (AvgIpc) is 3.48. The maximum atomic E-state index is 11.8. The molecule has 2 aliphatic heterocycles. The number of nitrogens with zero attached hydrogens (tertiary/aromatic N) is 2. The van der Waals surface area contributed by atoms with E-state index in [1.54, 1.807) is 9.80 Å². The van der Waals surface area contributed by atoms with Crippen molar-refractivity contribution in [1.29, 1.82) is 0 Å².